The normalized spacial score (nSPS) is 15.2. The van der Waals surface area contributed by atoms with Crippen LogP contribution in [0.5, 0.6) is 0 Å². The van der Waals surface area contributed by atoms with Gasteiger partial charge in [0.05, 0.1) is 5.75 Å². The smallest absolute Gasteiger partial charge is 0.254 e. The quantitative estimate of drug-likeness (QED) is 0.825. The van der Waals surface area contributed by atoms with Crippen molar-refractivity contribution in [3.05, 3.63) is 29.3 Å². The van der Waals surface area contributed by atoms with E-state index in [0.717, 1.165) is 12.0 Å². The molecule has 110 valence electrons. The van der Waals surface area contributed by atoms with Crippen molar-refractivity contribution < 1.29 is 13.2 Å². The summed E-state index contributed by atoms with van der Waals surface area (Å²) in [5.41, 5.74) is 7.84. The topological polar surface area (TPSA) is 80.5 Å². The lowest BCUT2D eigenvalue weighted by atomic mass is 9.98. The maximum Gasteiger partial charge on any atom is 0.254 e. The number of nitrogen functional groups attached to an aromatic ring is 1. The second-order valence-electron chi connectivity index (χ2n) is 5.11. The third-order valence-corrected chi connectivity index (χ3v) is 5.32. The molecule has 0 aromatic heterocycles. The van der Waals surface area contributed by atoms with E-state index in [-0.39, 0.29) is 24.0 Å². The van der Waals surface area contributed by atoms with E-state index in [1.165, 1.54) is 0 Å². The van der Waals surface area contributed by atoms with Crippen molar-refractivity contribution in [1.29, 1.82) is 0 Å². The van der Waals surface area contributed by atoms with Gasteiger partial charge < -0.3 is 10.6 Å². The van der Waals surface area contributed by atoms with Crippen LogP contribution in [0.25, 0.3) is 0 Å². The number of anilines is 1. The monoisotopic (exact) mass is 296 g/mol. The summed E-state index contributed by atoms with van der Waals surface area (Å²) in [6.07, 6.45) is 1.35. The number of fused-ring (bicyclic) bond motifs is 1. The number of amides is 1. The molecule has 1 amide bonds. The number of nitrogens with two attached hydrogens (primary N) is 1. The maximum atomic E-state index is 12.3. The van der Waals surface area contributed by atoms with E-state index in [4.69, 9.17) is 5.73 Å². The van der Waals surface area contributed by atoms with Crippen LogP contribution in [0.2, 0.25) is 0 Å². The first-order valence-corrected chi connectivity index (χ1v) is 8.63. The van der Waals surface area contributed by atoms with Crippen molar-refractivity contribution in [2.75, 3.05) is 30.3 Å². The molecule has 5 nitrogen and oxygen atoms in total. The summed E-state index contributed by atoms with van der Waals surface area (Å²) in [5.74, 6) is 0.0910. The number of hydrogen-bond acceptors (Lipinski definition) is 4. The summed E-state index contributed by atoms with van der Waals surface area (Å²) in [4.78, 5) is 13.9. The standard InChI is InChI=1S/C14H20N2O3S/c1-2-8-20(18,19)9-7-16-6-5-11-3-4-12(15)10-13(11)14(16)17/h3-4,10H,2,5-9,15H2,1H3. The summed E-state index contributed by atoms with van der Waals surface area (Å²) >= 11 is 0. The minimum absolute atomic E-state index is 0.0320. The van der Waals surface area contributed by atoms with Crippen LogP contribution in [0.3, 0.4) is 0 Å². The summed E-state index contributed by atoms with van der Waals surface area (Å²) in [5, 5.41) is 0. The molecule has 0 radical (unpaired) electrons. The zero-order valence-corrected chi connectivity index (χ0v) is 12.4. The molecule has 0 bridgehead atoms. The number of hydrogen-bond donors (Lipinski definition) is 1. The summed E-state index contributed by atoms with van der Waals surface area (Å²) in [7, 11) is -3.06. The zero-order valence-electron chi connectivity index (χ0n) is 11.6. The maximum absolute atomic E-state index is 12.3. The molecular formula is C14H20N2O3S. The minimum Gasteiger partial charge on any atom is -0.399 e. The van der Waals surface area contributed by atoms with E-state index in [9.17, 15) is 13.2 Å². The third-order valence-electron chi connectivity index (χ3n) is 3.49. The molecule has 1 aliphatic rings. The molecule has 1 aromatic carbocycles. The van der Waals surface area contributed by atoms with Gasteiger partial charge in [-0.2, -0.15) is 0 Å². The molecule has 0 atom stereocenters. The Morgan fingerprint density at radius 3 is 2.75 bits per heavy atom. The Balaban J connectivity index is 2.08. The van der Waals surface area contributed by atoms with E-state index in [0.29, 0.717) is 24.2 Å². The van der Waals surface area contributed by atoms with Gasteiger partial charge in [-0.3, -0.25) is 4.79 Å². The van der Waals surface area contributed by atoms with Crippen LogP contribution in [-0.2, 0) is 16.3 Å². The van der Waals surface area contributed by atoms with Crippen molar-refractivity contribution in [2.24, 2.45) is 0 Å². The highest BCUT2D eigenvalue weighted by atomic mass is 32.2. The Morgan fingerprint density at radius 2 is 2.05 bits per heavy atom. The van der Waals surface area contributed by atoms with Gasteiger partial charge in [0, 0.05) is 30.1 Å². The van der Waals surface area contributed by atoms with Crippen LogP contribution in [-0.4, -0.2) is 43.8 Å². The molecule has 0 aliphatic carbocycles. The van der Waals surface area contributed by atoms with Gasteiger partial charge in [0.1, 0.15) is 0 Å². The molecular weight excluding hydrogens is 276 g/mol. The predicted molar refractivity (Wildman–Crippen MR) is 79.4 cm³/mol. The lowest BCUT2D eigenvalue weighted by Gasteiger charge is -2.28. The molecule has 0 spiro atoms. The Morgan fingerprint density at radius 1 is 1.30 bits per heavy atom. The number of rotatable bonds is 5. The van der Waals surface area contributed by atoms with Crippen molar-refractivity contribution in [1.82, 2.24) is 4.90 Å². The first kappa shape index (κ1) is 14.8. The van der Waals surface area contributed by atoms with Gasteiger partial charge in [0.25, 0.3) is 5.91 Å². The first-order chi connectivity index (χ1) is 9.43. The van der Waals surface area contributed by atoms with Crippen LogP contribution in [0.1, 0.15) is 29.3 Å². The van der Waals surface area contributed by atoms with Gasteiger partial charge in [0.2, 0.25) is 0 Å². The second-order valence-corrected chi connectivity index (χ2v) is 7.41. The van der Waals surface area contributed by atoms with E-state index in [1.54, 1.807) is 17.0 Å². The van der Waals surface area contributed by atoms with E-state index in [1.807, 2.05) is 13.0 Å². The largest absolute Gasteiger partial charge is 0.399 e. The average Bonchev–Trinajstić information content (AvgIpc) is 2.38. The fourth-order valence-corrected chi connectivity index (χ4v) is 3.74. The molecule has 20 heavy (non-hydrogen) atoms. The van der Waals surface area contributed by atoms with Crippen LogP contribution in [0.15, 0.2) is 18.2 Å². The van der Waals surface area contributed by atoms with E-state index >= 15 is 0 Å². The van der Waals surface area contributed by atoms with Gasteiger partial charge in [-0.25, -0.2) is 8.42 Å². The molecule has 2 rings (SSSR count). The highest BCUT2D eigenvalue weighted by Crippen LogP contribution is 2.21. The Bertz CT molecular complexity index is 611. The lowest BCUT2D eigenvalue weighted by Crippen LogP contribution is -2.40. The van der Waals surface area contributed by atoms with Gasteiger partial charge in [-0.1, -0.05) is 13.0 Å². The van der Waals surface area contributed by atoms with Gasteiger partial charge in [-0.05, 0) is 30.5 Å². The predicted octanol–water partition coefficient (Wildman–Crippen LogP) is 1.09. The number of sulfone groups is 1. The van der Waals surface area contributed by atoms with Crippen molar-refractivity contribution in [2.45, 2.75) is 19.8 Å². The summed E-state index contributed by atoms with van der Waals surface area (Å²) in [6.45, 7) is 2.66. The number of carbonyl (C=O) groups excluding carboxylic acids is 1. The molecule has 1 aromatic rings. The Kier molecular flexibility index (Phi) is 4.32. The summed E-state index contributed by atoms with van der Waals surface area (Å²) in [6, 6.07) is 5.32. The van der Waals surface area contributed by atoms with Crippen molar-refractivity contribution >= 4 is 21.4 Å². The molecule has 0 saturated heterocycles. The van der Waals surface area contributed by atoms with E-state index in [2.05, 4.69) is 0 Å². The zero-order chi connectivity index (χ0) is 14.8. The van der Waals surface area contributed by atoms with Gasteiger partial charge in [0.15, 0.2) is 9.84 Å². The Labute approximate surface area is 119 Å². The minimum atomic E-state index is -3.06. The molecule has 0 saturated carbocycles. The Hall–Kier alpha value is -1.56. The molecule has 2 N–H and O–H groups in total. The van der Waals surface area contributed by atoms with Crippen molar-refractivity contribution in [3.63, 3.8) is 0 Å². The fraction of sp³-hybridized carbons (Fsp3) is 0.500. The molecule has 1 aliphatic heterocycles. The third kappa shape index (κ3) is 3.30. The molecule has 0 unspecified atom stereocenters. The lowest BCUT2D eigenvalue weighted by molar-refractivity contribution is 0.0750. The highest BCUT2D eigenvalue weighted by Gasteiger charge is 2.25. The molecule has 1 heterocycles. The van der Waals surface area contributed by atoms with Crippen LogP contribution >= 0.6 is 0 Å². The van der Waals surface area contributed by atoms with E-state index < -0.39 is 9.84 Å². The number of benzene rings is 1. The second kappa shape index (κ2) is 5.83. The van der Waals surface area contributed by atoms with Crippen LogP contribution in [0.4, 0.5) is 5.69 Å². The number of nitrogens with zero attached hydrogens (tertiary/aromatic N) is 1. The number of carbonyl (C=O) groups is 1. The average molecular weight is 296 g/mol. The van der Waals surface area contributed by atoms with Gasteiger partial charge >= 0.3 is 0 Å². The first-order valence-electron chi connectivity index (χ1n) is 6.81. The van der Waals surface area contributed by atoms with Crippen molar-refractivity contribution in [3.8, 4) is 0 Å². The highest BCUT2D eigenvalue weighted by molar-refractivity contribution is 7.91. The van der Waals surface area contributed by atoms with Crippen LogP contribution < -0.4 is 5.73 Å². The molecule has 0 fully saturated rings. The van der Waals surface area contributed by atoms with Gasteiger partial charge in [-0.15, -0.1) is 0 Å². The SMILES string of the molecule is CCCS(=O)(=O)CCN1CCc2ccc(N)cc2C1=O. The fourth-order valence-electron chi connectivity index (χ4n) is 2.41. The van der Waals surface area contributed by atoms with Crippen LogP contribution in [0, 0.1) is 0 Å². The summed E-state index contributed by atoms with van der Waals surface area (Å²) < 4.78 is 23.4. The molecule has 6 heteroatoms.